The van der Waals surface area contributed by atoms with E-state index in [1.807, 2.05) is 0 Å². The van der Waals surface area contributed by atoms with Crippen molar-refractivity contribution in [2.24, 2.45) is 0 Å². The molecule has 0 radical (unpaired) electrons. The fraction of sp³-hybridized carbons (Fsp3) is 0.914. The third-order valence-electron chi connectivity index (χ3n) is 6.47. The van der Waals surface area contributed by atoms with Gasteiger partial charge in [0.1, 0.15) is 19.8 Å². The predicted octanol–water partition coefficient (Wildman–Crippen LogP) is 0.900. The molecule has 0 aromatic heterocycles. The van der Waals surface area contributed by atoms with Crippen LogP contribution in [0.3, 0.4) is 0 Å². The zero-order valence-electron chi connectivity index (χ0n) is 31.9. The van der Waals surface area contributed by atoms with Gasteiger partial charge in [0.15, 0.2) is 0 Å². The molecule has 314 valence electrons. The number of carbonyl (C=O) groups is 3. The van der Waals surface area contributed by atoms with Crippen LogP contribution in [0.25, 0.3) is 0 Å². The van der Waals surface area contributed by atoms with Gasteiger partial charge in [-0.25, -0.2) is 4.79 Å². The quantitative estimate of drug-likeness (QED) is 0.0652. The second kappa shape index (κ2) is 44.3. The Morgan fingerprint density at radius 3 is 1.09 bits per heavy atom. The zero-order valence-corrected chi connectivity index (χ0v) is 31.9. The molecule has 0 saturated carbocycles. The van der Waals surface area contributed by atoms with Gasteiger partial charge in [0, 0.05) is 13.0 Å². The largest absolute Gasteiger partial charge is 0.480 e. The summed E-state index contributed by atoms with van der Waals surface area (Å²) in [6.07, 6.45) is 4.72. The van der Waals surface area contributed by atoms with Crippen LogP contribution < -0.4 is 5.32 Å². The van der Waals surface area contributed by atoms with E-state index in [-0.39, 0.29) is 19.2 Å². The lowest BCUT2D eigenvalue weighted by molar-refractivity contribution is -0.146. The van der Waals surface area contributed by atoms with Crippen molar-refractivity contribution in [2.45, 2.75) is 39.0 Å². The van der Waals surface area contributed by atoms with Crippen LogP contribution in [0.4, 0.5) is 0 Å². The summed E-state index contributed by atoms with van der Waals surface area (Å²) in [5.41, 5.74) is 0. The van der Waals surface area contributed by atoms with E-state index in [0.29, 0.717) is 158 Å². The van der Waals surface area contributed by atoms with Gasteiger partial charge in [0.2, 0.25) is 5.91 Å². The molecule has 1 amide bonds. The molecule has 18 heteroatoms. The van der Waals surface area contributed by atoms with Crippen molar-refractivity contribution in [1.82, 2.24) is 5.32 Å². The number of unbranched alkanes of at least 4 members (excludes halogenated alkanes) is 3. The van der Waals surface area contributed by atoms with Crippen LogP contribution in [-0.4, -0.2) is 195 Å². The summed E-state index contributed by atoms with van der Waals surface area (Å²) in [6.45, 7) is 11.7. The van der Waals surface area contributed by atoms with Crippen molar-refractivity contribution in [1.29, 1.82) is 0 Å². The van der Waals surface area contributed by atoms with Crippen molar-refractivity contribution in [2.75, 3.05) is 172 Å². The molecule has 0 aliphatic rings. The molecule has 0 bridgehead atoms. The molecule has 0 atom stereocenters. The van der Waals surface area contributed by atoms with E-state index in [2.05, 4.69) is 17.0 Å². The fourth-order valence-electron chi connectivity index (χ4n) is 3.83. The van der Waals surface area contributed by atoms with Gasteiger partial charge in [-0.3, -0.25) is 9.59 Å². The summed E-state index contributed by atoms with van der Waals surface area (Å²) in [5, 5.41) is 11.0. The standard InChI is InChI=1S/C35H67NO17/c1-2-3-4-5-6-35(40)53-30-29-51-28-27-50-26-25-49-24-23-48-22-21-47-20-19-46-18-17-45-16-15-44-14-13-43-12-11-42-10-9-41-8-7-36-33(37)31-52-32-34(38)39/h2-32H2,1H3,(H,36,37)(H,38,39). The summed E-state index contributed by atoms with van der Waals surface area (Å²) < 4.78 is 69.6. The Hall–Kier alpha value is -2.07. The van der Waals surface area contributed by atoms with Crippen molar-refractivity contribution in [3.8, 4) is 0 Å². The van der Waals surface area contributed by atoms with Gasteiger partial charge in [-0.05, 0) is 6.42 Å². The highest BCUT2D eigenvalue weighted by Gasteiger charge is 2.04. The van der Waals surface area contributed by atoms with E-state index in [1.165, 1.54) is 0 Å². The van der Waals surface area contributed by atoms with E-state index >= 15 is 0 Å². The number of hydrogen-bond donors (Lipinski definition) is 2. The Bertz CT molecular complexity index is 796. The van der Waals surface area contributed by atoms with Crippen LogP contribution in [0, 0.1) is 0 Å². The molecule has 0 rings (SSSR count). The van der Waals surface area contributed by atoms with Crippen LogP contribution in [0.2, 0.25) is 0 Å². The topological polar surface area (TPSA) is 203 Å². The molecule has 0 aliphatic heterocycles. The summed E-state index contributed by atoms with van der Waals surface area (Å²) in [4.78, 5) is 33.2. The molecule has 0 fully saturated rings. The van der Waals surface area contributed by atoms with Gasteiger partial charge in [-0.15, -0.1) is 0 Å². The molecule has 0 heterocycles. The Balaban J connectivity index is 3.12. The first-order chi connectivity index (χ1) is 26.1. The second-order valence-electron chi connectivity index (χ2n) is 11.0. The summed E-state index contributed by atoms with van der Waals surface area (Å²) in [5.74, 6) is -1.69. The molecule has 18 nitrogen and oxygen atoms in total. The molecule has 0 aromatic carbocycles. The number of ether oxygens (including phenoxy) is 13. The second-order valence-corrected chi connectivity index (χ2v) is 11.0. The van der Waals surface area contributed by atoms with E-state index in [9.17, 15) is 14.4 Å². The van der Waals surface area contributed by atoms with Gasteiger partial charge < -0.3 is 72.0 Å². The highest BCUT2D eigenvalue weighted by molar-refractivity contribution is 5.77. The normalized spacial score (nSPS) is 11.3. The van der Waals surface area contributed by atoms with Crippen LogP contribution in [-0.2, 0) is 76.0 Å². The lowest BCUT2D eigenvalue weighted by atomic mass is 10.2. The summed E-state index contributed by atoms with van der Waals surface area (Å²) in [6, 6.07) is 0. The first kappa shape index (κ1) is 50.9. The van der Waals surface area contributed by atoms with Gasteiger partial charge in [-0.1, -0.05) is 26.2 Å². The lowest BCUT2D eigenvalue weighted by Crippen LogP contribution is -2.31. The van der Waals surface area contributed by atoms with Crippen LogP contribution >= 0.6 is 0 Å². The first-order valence-electron chi connectivity index (χ1n) is 18.6. The van der Waals surface area contributed by atoms with Crippen molar-refractivity contribution < 1.29 is 81.1 Å². The first-order valence-corrected chi connectivity index (χ1v) is 18.6. The Kier molecular flexibility index (Phi) is 42.6. The minimum Gasteiger partial charge on any atom is -0.480 e. The number of carboxylic acid groups (broad SMARTS) is 1. The Labute approximate surface area is 314 Å². The third-order valence-corrected chi connectivity index (χ3v) is 6.47. The van der Waals surface area contributed by atoms with Gasteiger partial charge in [0.25, 0.3) is 0 Å². The molecular weight excluding hydrogens is 706 g/mol. The van der Waals surface area contributed by atoms with Gasteiger partial charge in [0.05, 0.1) is 145 Å². The average molecular weight is 774 g/mol. The molecule has 0 aliphatic carbocycles. The molecule has 0 unspecified atom stereocenters. The van der Waals surface area contributed by atoms with Crippen LogP contribution in [0.1, 0.15) is 39.0 Å². The number of hydrogen-bond acceptors (Lipinski definition) is 16. The summed E-state index contributed by atoms with van der Waals surface area (Å²) in [7, 11) is 0. The number of amides is 1. The number of aliphatic carboxylic acids is 1. The molecule has 53 heavy (non-hydrogen) atoms. The lowest BCUT2D eigenvalue weighted by Gasteiger charge is -2.09. The minimum absolute atomic E-state index is 0.161. The van der Waals surface area contributed by atoms with Gasteiger partial charge in [-0.2, -0.15) is 0 Å². The third kappa shape index (κ3) is 46.0. The zero-order chi connectivity index (χ0) is 38.6. The number of nitrogens with one attached hydrogen (secondary N) is 1. The SMILES string of the molecule is CCCCCCC(=O)OCCOCCOCCOCCOCCOCCOCCOCCOCCOCCOCCOCCNC(=O)COCC(=O)O. The monoisotopic (exact) mass is 773 g/mol. The average Bonchev–Trinajstić information content (AvgIpc) is 3.14. The van der Waals surface area contributed by atoms with Gasteiger partial charge >= 0.3 is 11.9 Å². The number of carbonyl (C=O) groups excluding carboxylic acids is 2. The maximum Gasteiger partial charge on any atom is 0.329 e. The molecule has 0 aromatic rings. The van der Waals surface area contributed by atoms with E-state index in [4.69, 9.17) is 61.9 Å². The molecule has 0 saturated heterocycles. The number of carboxylic acids is 1. The van der Waals surface area contributed by atoms with E-state index < -0.39 is 18.5 Å². The number of esters is 1. The van der Waals surface area contributed by atoms with Crippen molar-refractivity contribution in [3.63, 3.8) is 0 Å². The Morgan fingerprint density at radius 2 is 0.755 bits per heavy atom. The smallest absolute Gasteiger partial charge is 0.329 e. The maximum absolute atomic E-state index is 11.6. The molecule has 0 spiro atoms. The Morgan fingerprint density at radius 1 is 0.415 bits per heavy atom. The van der Waals surface area contributed by atoms with Crippen LogP contribution in [0.15, 0.2) is 0 Å². The minimum atomic E-state index is -1.13. The summed E-state index contributed by atoms with van der Waals surface area (Å²) >= 11 is 0. The van der Waals surface area contributed by atoms with Crippen LogP contribution in [0.5, 0.6) is 0 Å². The van der Waals surface area contributed by atoms with Crippen molar-refractivity contribution in [3.05, 3.63) is 0 Å². The predicted molar refractivity (Wildman–Crippen MR) is 190 cm³/mol. The maximum atomic E-state index is 11.6. The highest BCUT2D eigenvalue weighted by atomic mass is 16.6. The van der Waals surface area contributed by atoms with Crippen molar-refractivity contribution >= 4 is 17.8 Å². The van der Waals surface area contributed by atoms with E-state index in [0.717, 1.165) is 25.7 Å². The molecule has 2 N–H and O–H groups in total. The highest BCUT2D eigenvalue weighted by Crippen LogP contribution is 2.03. The number of rotatable bonds is 45. The van der Waals surface area contributed by atoms with E-state index in [1.54, 1.807) is 0 Å². The molecular formula is C35H67NO17. The fourth-order valence-corrected chi connectivity index (χ4v) is 3.83.